The van der Waals surface area contributed by atoms with Crippen molar-refractivity contribution < 1.29 is 9.90 Å². The van der Waals surface area contributed by atoms with E-state index in [1.165, 1.54) is 6.33 Å². The quantitative estimate of drug-likeness (QED) is 0.585. The monoisotopic (exact) mass is 229 g/mol. The molecule has 0 aliphatic rings. The van der Waals surface area contributed by atoms with E-state index in [2.05, 4.69) is 15.3 Å². The first-order chi connectivity index (χ1) is 7.22. The van der Waals surface area contributed by atoms with Crippen molar-refractivity contribution in [2.75, 3.05) is 11.9 Å². The van der Waals surface area contributed by atoms with Gasteiger partial charge >= 0.3 is 0 Å². The second-order valence-electron chi connectivity index (χ2n) is 2.98. The Kier molecular flexibility index (Phi) is 4.45. The average Bonchev–Trinajstić information content (AvgIpc) is 2.26. The van der Waals surface area contributed by atoms with Crippen LogP contribution in [0.15, 0.2) is 6.33 Å². The second kappa shape index (κ2) is 5.63. The van der Waals surface area contributed by atoms with Gasteiger partial charge in [-0.15, -0.1) is 0 Å². The zero-order valence-electron chi connectivity index (χ0n) is 8.27. The molecule has 0 saturated carbocycles. The van der Waals surface area contributed by atoms with E-state index in [1.54, 1.807) is 0 Å². The third-order valence-electron chi connectivity index (χ3n) is 2.01. The van der Waals surface area contributed by atoms with Crippen LogP contribution in [0, 0.1) is 0 Å². The molecule has 15 heavy (non-hydrogen) atoms. The molecule has 1 aromatic heterocycles. The van der Waals surface area contributed by atoms with Crippen LogP contribution in [-0.4, -0.2) is 34.0 Å². The lowest BCUT2D eigenvalue weighted by atomic mass is 10.2. The van der Waals surface area contributed by atoms with Gasteiger partial charge in [0, 0.05) is 0 Å². The molecule has 82 valence electrons. The molecule has 0 aliphatic carbocycles. The highest BCUT2D eigenvalue weighted by Gasteiger charge is 2.12. The van der Waals surface area contributed by atoms with E-state index in [0.717, 1.165) is 6.42 Å². The first-order valence-corrected chi connectivity index (χ1v) is 4.93. The smallest absolute Gasteiger partial charge is 0.156 e. The predicted molar refractivity (Wildman–Crippen MR) is 57.2 cm³/mol. The van der Waals surface area contributed by atoms with Crippen LogP contribution in [-0.2, 0) is 0 Å². The summed E-state index contributed by atoms with van der Waals surface area (Å²) in [6, 6.07) is -0.144. The average molecular weight is 230 g/mol. The maximum atomic E-state index is 10.7. The van der Waals surface area contributed by atoms with Crippen molar-refractivity contribution in [2.45, 2.75) is 19.4 Å². The van der Waals surface area contributed by atoms with E-state index in [-0.39, 0.29) is 23.4 Å². The van der Waals surface area contributed by atoms with Crippen LogP contribution in [0.5, 0.6) is 0 Å². The highest BCUT2D eigenvalue weighted by molar-refractivity contribution is 6.32. The molecule has 1 aromatic rings. The van der Waals surface area contributed by atoms with Gasteiger partial charge in [-0.05, 0) is 6.42 Å². The van der Waals surface area contributed by atoms with Crippen molar-refractivity contribution in [3.8, 4) is 0 Å². The van der Waals surface area contributed by atoms with Gasteiger partial charge in [0.1, 0.15) is 17.3 Å². The Morgan fingerprint density at radius 1 is 1.67 bits per heavy atom. The SMILES string of the molecule is CCC(CO)Nc1ncnc(Cl)c1C=O. The van der Waals surface area contributed by atoms with Crippen LogP contribution in [0.2, 0.25) is 5.15 Å². The molecule has 0 fully saturated rings. The number of aromatic nitrogens is 2. The minimum atomic E-state index is -0.144. The summed E-state index contributed by atoms with van der Waals surface area (Å²) in [5.74, 6) is 0.353. The predicted octanol–water partition coefficient (Wildman–Crippen LogP) is 1.13. The Hall–Kier alpha value is -1.20. The van der Waals surface area contributed by atoms with Gasteiger partial charge in [0.15, 0.2) is 6.29 Å². The van der Waals surface area contributed by atoms with E-state index in [4.69, 9.17) is 16.7 Å². The molecule has 0 radical (unpaired) electrons. The molecule has 2 N–H and O–H groups in total. The largest absolute Gasteiger partial charge is 0.394 e. The molecule has 0 bridgehead atoms. The van der Waals surface area contributed by atoms with Crippen LogP contribution >= 0.6 is 11.6 Å². The van der Waals surface area contributed by atoms with Gasteiger partial charge in [-0.1, -0.05) is 18.5 Å². The molecule has 0 spiro atoms. The number of aliphatic hydroxyl groups excluding tert-OH is 1. The molecule has 5 nitrogen and oxygen atoms in total. The molecule has 0 aromatic carbocycles. The fourth-order valence-corrected chi connectivity index (χ4v) is 1.24. The highest BCUT2D eigenvalue weighted by Crippen LogP contribution is 2.18. The van der Waals surface area contributed by atoms with E-state index >= 15 is 0 Å². The summed E-state index contributed by atoms with van der Waals surface area (Å²) in [5, 5.41) is 12.0. The lowest BCUT2D eigenvalue weighted by molar-refractivity contribution is 0.112. The fourth-order valence-electron chi connectivity index (χ4n) is 1.06. The van der Waals surface area contributed by atoms with Crippen molar-refractivity contribution in [2.24, 2.45) is 0 Å². The normalized spacial score (nSPS) is 12.2. The number of rotatable bonds is 5. The Bertz CT molecular complexity index is 342. The lowest BCUT2D eigenvalue weighted by Crippen LogP contribution is -2.24. The summed E-state index contributed by atoms with van der Waals surface area (Å²) in [7, 11) is 0. The standard InChI is InChI=1S/C9H12ClN3O2/c1-2-6(3-14)13-9-7(4-15)8(10)11-5-12-9/h4-6,14H,2-3H2,1H3,(H,11,12,13). The number of nitrogens with zero attached hydrogens (tertiary/aromatic N) is 2. The molecule has 0 amide bonds. The number of hydrogen-bond donors (Lipinski definition) is 2. The van der Waals surface area contributed by atoms with E-state index in [0.29, 0.717) is 12.1 Å². The van der Waals surface area contributed by atoms with Crippen molar-refractivity contribution >= 4 is 23.7 Å². The number of halogens is 1. The maximum Gasteiger partial charge on any atom is 0.156 e. The summed E-state index contributed by atoms with van der Waals surface area (Å²) >= 11 is 5.71. The molecule has 1 unspecified atom stereocenters. The fraction of sp³-hybridized carbons (Fsp3) is 0.444. The number of aliphatic hydroxyl groups is 1. The van der Waals surface area contributed by atoms with Gasteiger partial charge in [-0.25, -0.2) is 9.97 Å². The Balaban J connectivity index is 2.93. The molecule has 1 atom stereocenters. The molecule has 1 rings (SSSR count). The van der Waals surface area contributed by atoms with Gasteiger partial charge in [0.25, 0.3) is 0 Å². The van der Waals surface area contributed by atoms with Crippen LogP contribution in [0.25, 0.3) is 0 Å². The third kappa shape index (κ3) is 2.87. The summed E-state index contributed by atoms with van der Waals surface area (Å²) < 4.78 is 0. The van der Waals surface area contributed by atoms with E-state index in [9.17, 15) is 4.79 Å². The number of carbonyl (C=O) groups is 1. The molecule has 0 aliphatic heterocycles. The van der Waals surface area contributed by atoms with Crippen molar-refractivity contribution in [1.82, 2.24) is 9.97 Å². The minimum Gasteiger partial charge on any atom is -0.394 e. The van der Waals surface area contributed by atoms with Crippen LogP contribution in [0.3, 0.4) is 0 Å². The van der Waals surface area contributed by atoms with Gasteiger partial charge in [0.2, 0.25) is 0 Å². The summed E-state index contributed by atoms with van der Waals surface area (Å²) in [6.07, 6.45) is 2.58. The molecular weight excluding hydrogens is 218 g/mol. The zero-order chi connectivity index (χ0) is 11.3. The second-order valence-corrected chi connectivity index (χ2v) is 3.33. The van der Waals surface area contributed by atoms with Crippen LogP contribution < -0.4 is 5.32 Å². The highest BCUT2D eigenvalue weighted by atomic mass is 35.5. The topological polar surface area (TPSA) is 75.1 Å². The Morgan fingerprint density at radius 3 is 2.93 bits per heavy atom. The first-order valence-electron chi connectivity index (χ1n) is 4.56. The van der Waals surface area contributed by atoms with Crippen molar-refractivity contribution in [3.05, 3.63) is 17.0 Å². The number of nitrogens with one attached hydrogen (secondary N) is 1. The van der Waals surface area contributed by atoms with Crippen molar-refractivity contribution in [3.63, 3.8) is 0 Å². The van der Waals surface area contributed by atoms with Crippen molar-refractivity contribution in [1.29, 1.82) is 0 Å². The van der Waals surface area contributed by atoms with E-state index < -0.39 is 0 Å². The van der Waals surface area contributed by atoms with E-state index in [1.807, 2.05) is 6.92 Å². The van der Waals surface area contributed by atoms with Crippen LogP contribution in [0.4, 0.5) is 5.82 Å². The molecule has 1 heterocycles. The summed E-state index contributed by atoms with van der Waals surface area (Å²) in [5.41, 5.74) is 0.214. The van der Waals surface area contributed by atoms with Gasteiger partial charge in [-0.2, -0.15) is 0 Å². The summed E-state index contributed by atoms with van der Waals surface area (Å²) in [4.78, 5) is 18.3. The molecular formula is C9H12ClN3O2. The Morgan fingerprint density at radius 2 is 2.40 bits per heavy atom. The number of aldehydes is 1. The number of anilines is 1. The molecule has 0 saturated heterocycles. The number of carbonyl (C=O) groups excluding carboxylic acids is 1. The summed E-state index contributed by atoms with van der Waals surface area (Å²) in [6.45, 7) is 1.88. The third-order valence-corrected chi connectivity index (χ3v) is 2.31. The van der Waals surface area contributed by atoms with Crippen LogP contribution in [0.1, 0.15) is 23.7 Å². The lowest BCUT2D eigenvalue weighted by Gasteiger charge is -2.15. The zero-order valence-corrected chi connectivity index (χ0v) is 9.03. The maximum absolute atomic E-state index is 10.7. The van der Waals surface area contributed by atoms with Gasteiger partial charge in [-0.3, -0.25) is 4.79 Å². The minimum absolute atomic E-state index is 0.0313. The van der Waals surface area contributed by atoms with Gasteiger partial charge < -0.3 is 10.4 Å². The first kappa shape index (κ1) is 11.9. The Labute approximate surface area is 92.5 Å². The number of hydrogen-bond acceptors (Lipinski definition) is 5. The molecule has 6 heteroatoms. The van der Waals surface area contributed by atoms with Gasteiger partial charge in [0.05, 0.1) is 18.2 Å².